The number of hydrogen-bond donors (Lipinski definition) is 0. The summed E-state index contributed by atoms with van der Waals surface area (Å²) >= 11 is 0. The molecule has 0 aromatic heterocycles. The van der Waals surface area contributed by atoms with Crippen LogP contribution in [0.25, 0.3) is 0 Å². The van der Waals surface area contributed by atoms with Crippen LogP contribution in [0.2, 0.25) is 0 Å². The molecule has 4 heteroatoms. The van der Waals surface area contributed by atoms with E-state index in [1.807, 2.05) is 0 Å². The van der Waals surface area contributed by atoms with Gasteiger partial charge < -0.3 is 15.4 Å². The summed E-state index contributed by atoms with van der Waals surface area (Å²) in [5, 5.41) is 8.89. The fourth-order valence-electron chi connectivity index (χ4n) is 0. The molecule has 0 fully saturated rings. The van der Waals surface area contributed by atoms with Crippen molar-refractivity contribution in [2.45, 2.75) is 6.92 Å². The van der Waals surface area contributed by atoms with E-state index in [-0.39, 0.29) is 22.3 Å². The molecule has 0 atom stereocenters. The first kappa shape index (κ1) is 16.8. The van der Waals surface area contributed by atoms with Gasteiger partial charge in [-0.1, -0.05) is 0 Å². The number of hydrogen-bond acceptors (Lipinski definition) is 3. The zero-order valence-electron chi connectivity index (χ0n) is 3.10. The quantitative estimate of drug-likeness (QED) is 0.409. The third-order valence-corrected chi connectivity index (χ3v) is 0. The molecular weight excluding hydrogens is 131 g/mol. The van der Waals surface area contributed by atoms with Gasteiger partial charge in [0.1, 0.15) is 0 Å². The predicted octanol–water partition coefficient (Wildman–Crippen LogP) is -1.42. The average Bonchev–Trinajstić information content (AvgIpc) is 0.811. The molecule has 1 N–H and O–H groups in total. The van der Waals surface area contributed by atoms with Crippen LogP contribution in [0.15, 0.2) is 0 Å². The molecule has 0 rings (SSSR count). The Morgan fingerprint density at radius 1 is 1.67 bits per heavy atom. The van der Waals surface area contributed by atoms with Crippen molar-refractivity contribution in [2.24, 2.45) is 0 Å². The van der Waals surface area contributed by atoms with E-state index < -0.39 is 5.97 Å². The van der Waals surface area contributed by atoms with Crippen LogP contribution in [0.5, 0.6) is 0 Å². The Morgan fingerprint density at radius 2 is 1.67 bits per heavy atom. The molecule has 0 spiro atoms. The van der Waals surface area contributed by atoms with Gasteiger partial charge in [-0.15, -0.1) is 0 Å². The van der Waals surface area contributed by atoms with E-state index >= 15 is 0 Å². The number of rotatable bonds is 0. The van der Waals surface area contributed by atoms with E-state index in [2.05, 4.69) is 0 Å². The maximum atomic E-state index is 8.89. The van der Waals surface area contributed by atoms with E-state index in [0.29, 0.717) is 0 Å². The summed E-state index contributed by atoms with van der Waals surface area (Å²) in [7, 11) is 0. The summed E-state index contributed by atoms with van der Waals surface area (Å²) in [6.07, 6.45) is 0. The van der Waals surface area contributed by atoms with Gasteiger partial charge in [0.15, 0.2) is 0 Å². The molecule has 0 heterocycles. The van der Waals surface area contributed by atoms with Crippen molar-refractivity contribution in [2.75, 3.05) is 0 Å². The van der Waals surface area contributed by atoms with E-state index in [1.54, 1.807) is 0 Å². The molecule has 0 aliphatic rings. The minimum absolute atomic E-state index is 0. The molecule has 6 heavy (non-hydrogen) atoms. The Hall–Kier alpha value is -0.0635. The Morgan fingerprint density at radius 3 is 1.67 bits per heavy atom. The monoisotopic (exact) mass is 135 g/mol. The number of carbonyl (C=O) groups excluding carboxylic acids is 1. The Bertz CT molecular complexity index is 31.8. The topological polar surface area (TPSA) is 70.1 Å². The largest absolute Gasteiger partial charge is 2.00 e. The predicted molar refractivity (Wildman–Crippen MR) is 12.6 cm³/mol. The van der Waals surface area contributed by atoms with Crippen molar-refractivity contribution in [3.8, 4) is 0 Å². The molecule has 39 valence electrons. The Balaban J connectivity index is -0.0000000450. The maximum Gasteiger partial charge on any atom is 2.00 e. The second-order valence-corrected chi connectivity index (χ2v) is 0.492. The van der Waals surface area contributed by atoms with Crippen LogP contribution < -0.4 is 5.11 Å². The molecular formula is C2H4CoO3. The Kier molecular flexibility index (Phi) is 24.8. The summed E-state index contributed by atoms with van der Waals surface area (Å²) in [5.41, 5.74) is 0. The van der Waals surface area contributed by atoms with Crippen molar-refractivity contribution in [3.63, 3.8) is 0 Å². The zero-order chi connectivity index (χ0) is 3.58. The second kappa shape index (κ2) is 8.87. The number of carboxylic acids is 1. The van der Waals surface area contributed by atoms with E-state index in [1.165, 1.54) is 0 Å². The minimum atomic E-state index is -1.08. The molecule has 0 aliphatic heterocycles. The SMILES string of the molecule is CC(=O)[O-].[Co+2].[OH-]. The molecule has 0 saturated carbocycles. The minimum Gasteiger partial charge on any atom is -0.870 e. The average molecular weight is 135 g/mol. The van der Waals surface area contributed by atoms with E-state index in [0.717, 1.165) is 6.92 Å². The fourth-order valence-corrected chi connectivity index (χ4v) is 0. The number of carbonyl (C=O) groups is 1. The van der Waals surface area contributed by atoms with Crippen molar-refractivity contribution >= 4 is 5.97 Å². The standard InChI is InChI=1S/C2H4O2.Co.H2O/c1-2(3)4;;/h1H3,(H,3,4);;1H2/q;+2;/p-2. The van der Waals surface area contributed by atoms with Crippen LogP contribution in [0.4, 0.5) is 0 Å². The van der Waals surface area contributed by atoms with Crippen LogP contribution in [-0.4, -0.2) is 11.4 Å². The molecule has 0 unspecified atom stereocenters. The van der Waals surface area contributed by atoms with Gasteiger partial charge in [-0.25, -0.2) is 0 Å². The summed E-state index contributed by atoms with van der Waals surface area (Å²) in [5.74, 6) is -1.08. The molecule has 0 bridgehead atoms. The van der Waals surface area contributed by atoms with Gasteiger partial charge in [0, 0.05) is 5.97 Å². The maximum absolute atomic E-state index is 8.89. The fraction of sp³-hybridized carbons (Fsp3) is 0.500. The van der Waals surface area contributed by atoms with Gasteiger partial charge in [0.25, 0.3) is 0 Å². The molecule has 0 saturated heterocycles. The van der Waals surface area contributed by atoms with Gasteiger partial charge >= 0.3 is 16.8 Å². The molecule has 3 nitrogen and oxygen atoms in total. The van der Waals surface area contributed by atoms with Gasteiger partial charge in [-0.05, 0) is 6.92 Å². The number of aliphatic carboxylic acids is 1. The smallest absolute Gasteiger partial charge is 0.870 e. The van der Waals surface area contributed by atoms with E-state index in [9.17, 15) is 0 Å². The van der Waals surface area contributed by atoms with E-state index in [4.69, 9.17) is 9.90 Å². The summed E-state index contributed by atoms with van der Waals surface area (Å²) in [4.78, 5) is 8.89. The van der Waals surface area contributed by atoms with Crippen LogP contribution in [0, 0.1) is 0 Å². The van der Waals surface area contributed by atoms with Gasteiger partial charge in [0.05, 0.1) is 0 Å². The third-order valence-electron chi connectivity index (χ3n) is 0. The molecule has 0 aromatic rings. The second-order valence-electron chi connectivity index (χ2n) is 0.492. The number of carboxylic acid groups (broad SMARTS) is 1. The summed E-state index contributed by atoms with van der Waals surface area (Å²) in [6.45, 7) is 0.972. The van der Waals surface area contributed by atoms with Crippen molar-refractivity contribution < 1.29 is 32.2 Å². The first-order valence-electron chi connectivity index (χ1n) is 0.908. The summed E-state index contributed by atoms with van der Waals surface area (Å²) in [6, 6.07) is 0. The van der Waals surface area contributed by atoms with Crippen LogP contribution in [0.3, 0.4) is 0 Å². The molecule has 1 radical (unpaired) electrons. The normalized spacial score (nSPS) is 4.17. The third kappa shape index (κ3) is 8420. The first-order valence-corrected chi connectivity index (χ1v) is 0.908. The molecule has 0 aliphatic carbocycles. The van der Waals surface area contributed by atoms with Gasteiger partial charge in [0.2, 0.25) is 0 Å². The van der Waals surface area contributed by atoms with Crippen molar-refractivity contribution in [3.05, 3.63) is 0 Å². The molecule has 0 amide bonds. The van der Waals surface area contributed by atoms with Crippen molar-refractivity contribution in [1.82, 2.24) is 0 Å². The zero-order valence-corrected chi connectivity index (χ0v) is 4.14. The van der Waals surface area contributed by atoms with Crippen molar-refractivity contribution in [1.29, 1.82) is 0 Å². The summed E-state index contributed by atoms with van der Waals surface area (Å²) < 4.78 is 0. The van der Waals surface area contributed by atoms with Gasteiger partial charge in [-0.2, -0.15) is 0 Å². The van der Waals surface area contributed by atoms with Crippen LogP contribution in [-0.2, 0) is 21.6 Å². The molecule has 0 aromatic carbocycles. The first-order chi connectivity index (χ1) is 1.73. The Labute approximate surface area is 45.9 Å². The van der Waals surface area contributed by atoms with Crippen LogP contribution >= 0.6 is 0 Å². The van der Waals surface area contributed by atoms with Crippen LogP contribution in [0.1, 0.15) is 6.92 Å². The van der Waals surface area contributed by atoms with Gasteiger partial charge in [-0.3, -0.25) is 0 Å².